The van der Waals surface area contributed by atoms with Crippen LogP contribution in [0.3, 0.4) is 0 Å². The number of nitrogens with one attached hydrogen (secondary N) is 1. The van der Waals surface area contributed by atoms with E-state index in [0.717, 1.165) is 47.2 Å². The van der Waals surface area contributed by atoms with Gasteiger partial charge in [0.15, 0.2) is 0 Å². The Kier molecular flexibility index (Phi) is 6.20. The van der Waals surface area contributed by atoms with Crippen molar-refractivity contribution in [1.29, 1.82) is 0 Å². The maximum Gasteiger partial charge on any atom is 0.341 e. The number of benzene rings is 2. The summed E-state index contributed by atoms with van der Waals surface area (Å²) in [6.07, 6.45) is 1.58. The van der Waals surface area contributed by atoms with Crippen LogP contribution < -0.4 is 10.2 Å². The monoisotopic (exact) mass is 468 g/mol. The zero-order chi connectivity index (χ0) is 21.1. The van der Waals surface area contributed by atoms with E-state index in [2.05, 4.69) is 55.2 Å². The van der Waals surface area contributed by atoms with Crippen molar-refractivity contribution in [2.24, 2.45) is 0 Å². The molecule has 0 radical (unpaired) electrons. The average Bonchev–Trinajstić information content (AvgIpc) is 2.75. The number of ether oxygens (including phenoxy) is 1. The number of carbonyl (C=O) groups is 1. The van der Waals surface area contributed by atoms with Gasteiger partial charge in [0.2, 0.25) is 0 Å². The summed E-state index contributed by atoms with van der Waals surface area (Å²) in [6, 6.07) is 14.2. The maximum absolute atomic E-state index is 12.5. The lowest BCUT2D eigenvalue weighted by atomic mass is 10.1. The smallest absolute Gasteiger partial charge is 0.341 e. The molecule has 30 heavy (non-hydrogen) atoms. The molecule has 1 fully saturated rings. The predicted molar refractivity (Wildman–Crippen MR) is 125 cm³/mol. The minimum absolute atomic E-state index is 0.314. The molecule has 0 spiro atoms. The number of nitrogens with zero attached hydrogens (tertiary/aromatic N) is 3. The lowest BCUT2D eigenvalue weighted by Gasteiger charge is -2.34. The second-order valence-corrected chi connectivity index (χ2v) is 8.31. The normalized spacial score (nSPS) is 14.7. The molecule has 1 N–H and O–H groups in total. The van der Waals surface area contributed by atoms with E-state index >= 15 is 0 Å². The molecule has 0 amide bonds. The molecule has 0 bridgehead atoms. The fourth-order valence-corrected chi connectivity index (χ4v) is 3.99. The third kappa shape index (κ3) is 4.42. The molecule has 0 atom stereocenters. The van der Waals surface area contributed by atoms with E-state index in [1.807, 2.05) is 30.3 Å². The van der Waals surface area contributed by atoms with Gasteiger partial charge in [-0.1, -0.05) is 15.9 Å². The first-order valence-corrected chi connectivity index (χ1v) is 10.9. The number of halogens is 1. The molecular formula is C23H25BrN4O2. The molecular weight excluding hydrogens is 444 g/mol. The summed E-state index contributed by atoms with van der Waals surface area (Å²) in [5.41, 5.74) is 4.05. The van der Waals surface area contributed by atoms with Gasteiger partial charge in [-0.05, 0) is 56.4 Å². The molecule has 6 nitrogen and oxygen atoms in total. The van der Waals surface area contributed by atoms with Gasteiger partial charge in [-0.25, -0.2) is 4.79 Å². The summed E-state index contributed by atoms with van der Waals surface area (Å²) in [5, 5.41) is 4.29. The van der Waals surface area contributed by atoms with Gasteiger partial charge in [-0.3, -0.25) is 4.98 Å². The highest BCUT2D eigenvalue weighted by molar-refractivity contribution is 9.10. The standard InChI is InChI=1S/C23H25BrN4O2/c1-3-30-23(29)20-15-25-21-9-4-16(24)14-19(21)22(20)26-17-5-7-18(8-6-17)28-12-10-27(2)11-13-28/h4-9,14-15H,3,10-13H2,1-2H3,(H,25,26). The maximum atomic E-state index is 12.5. The Balaban J connectivity index is 1.66. The fourth-order valence-electron chi connectivity index (χ4n) is 3.63. The topological polar surface area (TPSA) is 57.7 Å². The molecule has 0 unspecified atom stereocenters. The van der Waals surface area contributed by atoms with Crippen LogP contribution in [-0.4, -0.2) is 55.7 Å². The van der Waals surface area contributed by atoms with Crippen molar-refractivity contribution in [1.82, 2.24) is 9.88 Å². The van der Waals surface area contributed by atoms with Crippen molar-refractivity contribution in [3.63, 3.8) is 0 Å². The van der Waals surface area contributed by atoms with Gasteiger partial charge in [0.25, 0.3) is 0 Å². The summed E-state index contributed by atoms with van der Waals surface area (Å²) < 4.78 is 6.17. The SMILES string of the molecule is CCOC(=O)c1cnc2ccc(Br)cc2c1Nc1ccc(N2CCN(C)CC2)cc1. The van der Waals surface area contributed by atoms with Crippen LogP contribution in [0.5, 0.6) is 0 Å². The average molecular weight is 469 g/mol. The van der Waals surface area contributed by atoms with Crippen LogP contribution in [0.15, 0.2) is 53.1 Å². The number of fused-ring (bicyclic) bond motifs is 1. The first-order chi connectivity index (χ1) is 14.5. The summed E-state index contributed by atoms with van der Waals surface area (Å²) >= 11 is 3.52. The van der Waals surface area contributed by atoms with Crippen LogP contribution >= 0.6 is 15.9 Å². The second kappa shape index (κ2) is 9.02. The number of esters is 1. The first kappa shape index (κ1) is 20.6. The number of anilines is 3. The molecule has 4 rings (SSSR count). The van der Waals surface area contributed by atoms with Crippen molar-refractivity contribution in [2.75, 3.05) is 50.1 Å². The number of pyridine rings is 1. The number of piperazine rings is 1. The Labute approximate surface area is 185 Å². The molecule has 7 heteroatoms. The molecule has 1 saturated heterocycles. The Morgan fingerprint density at radius 1 is 1.13 bits per heavy atom. The minimum Gasteiger partial charge on any atom is -0.462 e. The zero-order valence-electron chi connectivity index (χ0n) is 17.2. The van der Waals surface area contributed by atoms with Gasteiger partial charge in [0.05, 0.1) is 17.8 Å². The number of aromatic nitrogens is 1. The Morgan fingerprint density at radius 3 is 2.57 bits per heavy atom. The van der Waals surface area contributed by atoms with Gasteiger partial charge >= 0.3 is 5.97 Å². The van der Waals surface area contributed by atoms with E-state index < -0.39 is 0 Å². The van der Waals surface area contributed by atoms with Crippen LogP contribution in [0.4, 0.5) is 17.1 Å². The van der Waals surface area contributed by atoms with Crippen LogP contribution in [0.2, 0.25) is 0 Å². The van der Waals surface area contributed by atoms with Crippen molar-refractivity contribution < 1.29 is 9.53 Å². The molecule has 3 aromatic rings. The third-order valence-electron chi connectivity index (χ3n) is 5.33. The highest BCUT2D eigenvalue weighted by atomic mass is 79.9. The van der Waals surface area contributed by atoms with E-state index in [9.17, 15) is 4.79 Å². The molecule has 0 aliphatic carbocycles. The van der Waals surface area contributed by atoms with Crippen LogP contribution in [0.1, 0.15) is 17.3 Å². The van der Waals surface area contributed by atoms with Gasteiger partial charge in [-0.2, -0.15) is 0 Å². The Morgan fingerprint density at radius 2 is 1.87 bits per heavy atom. The van der Waals surface area contributed by atoms with Gasteiger partial charge < -0.3 is 19.9 Å². The van der Waals surface area contributed by atoms with Crippen molar-refractivity contribution in [2.45, 2.75) is 6.92 Å². The Bertz CT molecular complexity index is 1050. The van der Waals surface area contributed by atoms with Crippen molar-refractivity contribution >= 4 is 49.9 Å². The lowest BCUT2D eigenvalue weighted by molar-refractivity contribution is 0.0527. The summed E-state index contributed by atoms with van der Waals surface area (Å²) in [7, 11) is 2.16. The third-order valence-corrected chi connectivity index (χ3v) is 5.82. The highest BCUT2D eigenvalue weighted by Crippen LogP contribution is 2.32. The van der Waals surface area contributed by atoms with Crippen LogP contribution in [-0.2, 0) is 4.74 Å². The molecule has 1 aliphatic rings. The molecule has 1 aliphatic heterocycles. The van der Waals surface area contributed by atoms with E-state index in [1.165, 1.54) is 5.69 Å². The molecule has 156 valence electrons. The largest absolute Gasteiger partial charge is 0.462 e. The number of carbonyl (C=O) groups excluding carboxylic acids is 1. The number of rotatable bonds is 5. The van der Waals surface area contributed by atoms with Crippen LogP contribution in [0.25, 0.3) is 10.9 Å². The van der Waals surface area contributed by atoms with Crippen molar-refractivity contribution in [3.05, 3.63) is 58.7 Å². The fraction of sp³-hybridized carbons (Fsp3) is 0.304. The minimum atomic E-state index is -0.386. The summed E-state index contributed by atoms with van der Waals surface area (Å²) in [4.78, 5) is 21.7. The van der Waals surface area contributed by atoms with Crippen molar-refractivity contribution in [3.8, 4) is 0 Å². The summed E-state index contributed by atoms with van der Waals surface area (Å²) in [6.45, 7) is 6.31. The first-order valence-electron chi connectivity index (χ1n) is 10.1. The van der Waals surface area contributed by atoms with E-state index in [4.69, 9.17) is 4.74 Å². The predicted octanol–water partition coefficient (Wildman–Crippen LogP) is 4.67. The van der Waals surface area contributed by atoms with Gasteiger partial charge in [0.1, 0.15) is 5.56 Å². The lowest BCUT2D eigenvalue weighted by Crippen LogP contribution is -2.44. The quantitative estimate of drug-likeness (QED) is 0.549. The summed E-state index contributed by atoms with van der Waals surface area (Å²) in [5.74, 6) is -0.386. The van der Waals surface area contributed by atoms with E-state index in [-0.39, 0.29) is 5.97 Å². The van der Waals surface area contributed by atoms with E-state index in [0.29, 0.717) is 17.9 Å². The molecule has 2 aromatic carbocycles. The number of likely N-dealkylation sites (N-methyl/N-ethyl adjacent to an activating group) is 1. The molecule has 1 aromatic heterocycles. The van der Waals surface area contributed by atoms with Gasteiger partial charge in [0, 0.05) is 53.6 Å². The zero-order valence-corrected chi connectivity index (χ0v) is 18.8. The van der Waals surface area contributed by atoms with Crippen LogP contribution in [0, 0.1) is 0 Å². The Hall–Kier alpha value is -2.64. The molecule has 2 heterocycles. The second-order valence-electron chi connectivity index (χ2n) is 7.39. The number of hydrogen-bond acceptors (Lipinski definition) is 6. The number of hydrogen-bond donors (Lipinski definition) is 1. The van der Waals surface area contributed by atoms with Gasteiger partial charge in [-0.15, -0.1) is 0 Å². The molecule has 0 saturated carbocycles. The van der Waals surface area contributed by atoms with E-state index in [1.54, 1.807) is 13.1 Å². The highest BCUT2D eigenvalue weighted by Gasteiger charge is 2.18.